The number of nitrogens with one attached hydrogen (secondary N) is 4. The maximum atomic E-state index is 14.9. The first-order valence-electron chi connectivity index (χ1n) is 21.1. The number of imide groups is 1. The van der Waals surface area contributed by atoms with Crippen LogP contribution in [0.5, 0.6) is 0 Å². The maximum Gasteiger partial charge on any atom is 0.255 e. The Morgan fingerprint density at radius 3 is 2.43 bits per heavy atom. The van der Waals surface area contributed by atoms with Crippen LogP contribution < -0.4 is 21.3 Å². The van der Waals surface area contributed by atoms with Crippen LogP contribution in [0.3, 0.4) is 0 Å². The van der Waals surface area contributed by atoms with Crippen molar-refractivity contribution in [2.24, 2.45) is 4.99 Å². The molecule has 1 fully saturated rings. The molecule has 1 unspecified atom stereocenters. The smallest absolute Gasteiger partial charge is 0.255 e. The van der Waals surface area contributed by atoms with Crippen LogP contribution in [0.1, 0.15) is 75.1 Å². The normalized spacial score (nSPS) is 15.3. The molecule has 8 rings (SSSR count). The molecule has 5 amide bonds. The van der Waals surface area contributed by atoms with Gasteiger partial charge >= 0.3 is 0 Å². The van der Waals surface area contributed by atoms with Crippen LogP contribution in [0.2, 0.25) is 5.02 Å². The molecule has 0 aliphatic carbocycles. The number of aliphatic imine (C=N–C) groups is 1. The fourth-order valence-electron chi connectivity index (χ4n) is 7.82. The zero-order valence-electron chi connectivity index (χ0n) is 34.9. The lowest BCUT2D eigenvalue weighted by Crippen LogP contribution is -2.52. The molecule has 3 aliphatic rings. The Balaban J connectivity index is 0.718. The first-order valence-corrected chi connectivity index (χ1v) is 21.4. The second-order valence-electron chi connectivity index (χ2n) is 15.4. The summed E-state index contributed by atoms with van der Waals surface area (Å²) in [6, 6.07) is 19.8. The lowest BCUT2D eigenvalue weighted by Gasteiger charge is -2.29. The molecule has 0 radical (unpaired) electrons. The van der Waals surface area contributed by atoms with Gasteiger partial charge in [0.05, 0.1) is 43.3 Å². The minimum Gasteiger partial charge on any atom is -0.379 e. The zero-order chi connectivity index (χ0) is 45.5. The Morgan fingerprint density at radius 2 is 1.65 bits per heavy atom. The summed E-state index contributed by atoms with van der Waals surface area (Å²) in [7, 11) is 0. The number of fused-ring (bicyclic) bond motifs is 4. The molecule has 1 saturated heterocycles. The van der Waals surface area contributed by atoms with Crippen LogP contribution in [0, 0.1) is 11.6 Å². The van der Waals surface area contributed by atoms with E-state index in [0.29, 0.717) is 88.1 Å². The highest BCUT2D eigenvalue weighted by Gasteiger charge is 2.40. The molecule has 4 aromatic carbocycles. The number of amides is 5. The number of anilines is 3. The van der Waals surface area contributed by atoms with Gasteiger partial charge in [0, 0.05) is 88.5 Å². The number of carbonyl (C=O) groups is 5. The molecule has 3 aliphatic heterocycles. The van der Waals surface area contributed by atoms with Crippen LogP contribution in [0.4, 0.5) is 26.1 Å². The van der Waals surface area contributed by atoms with Gasteiger partial charge in [-0.05, 0) is 79.9 Å². The molecule has 1 aromatic heterocycles. The minimum atomic E-state index is -0.743. The number of hydrogen-bond donors (Lipinski definition) is 4. The van der Waals surface area contributed by atoms with Crippen molar-refractivity contribution in [2.45, 2.75) is 51.2 Å². The third kappa shape index (κ3) is 10.4. The van der Waals surface area contributed by atoms with Crippen LogP contribution >= 0.6 is 11.6 Å². The van der Waals surface area contributed by atoms with E-state index < -0.39 is 23.6 Å². The van der Waals surface area contributed by atoms with E-state index in [1.807, 2.05) is 0 Å². The average molecular weight is 905 g/mol. The summed E-state index contributed by atoms with van der Waals surface area (Å²) >= 11 is 6.34. The number of rotatable bonds is 17. The van der Waals surface area contributed by atoms with Gasteiger partial charge in [0.25, 0.3) is 11.8 Å². The predicted molar refractivity (Wildman–Crippen MR) is 237 cm³/mol. The highest BCUT2D eigenvalue weighted by molar-refractivity contribution is 6.31. The second kappa shape index (κ2) is 20.3. The van der Waals surface area contributed by atoms with E-state index in [-0.39, 0.29) is 86.4 Å². The molecule has 0 spiro atoms. The Morgan fingerprint density at radius 1 is 0.877 bits per heavy atom. The zero-order valence-corrected chi connectivity index (χ0v) is 35.7. The highest BCUT2D eigenvalue weighted by atomic mass is 35.5. The summed E-state index contributed by atoms with van der Waals surface area (Å²) in [4.78, 5) is 77.7. The summed E-state index contributed by atoms with van der Waals surface area (Å²) in [5, 5.41) is 11.5. The van der Waals surface area contributed by atoms with Gasteiger partial charge in [0.2, 0.25) is 23.7 Å². The Kier molecular flexibility index (Phi) is 13.9. The van der Waals surface area contributed by atoms with E-state index in [1.165, 1.54) is 23.1 Å². The van der Waals surface area contributed by atoms with Gasteiger partial charge in [-0.1, -0.05) is 29.8 Å². The molecule has 1 atom stereocenters. The van der Waals surface area contributed by atoms with Crippen molar-refractivity contribution in [1.29, 1.82) is 0 Å². The van der Waals surface area contributed by atoms with E-state index in [0.717, 1.165) is 0 Å². The van der Waals surface area contributed by atoms with Crippen molar-refractivity contribution < 1.29 is 42.2 Å². The minimum absolute atomic E-state index is 0.0849. The third-order valence-electron chi connectivity index (χ3n) is 11.1. The number of ether oxygens (including phenoxy) is 2. The van der Waals surface area contributed by atoms with Crippen molar-refractivity contribution in [3.8, 4) is 11.3 Å². The number of aromatic nitrogens is 2. The number of halogens is 3. The first-order chi connectivity index (χ1) is 31.5. The molecule has 5 aromatic rings. The molecule has 18 heteroatoms. The van der Waals surface area contributed by atoms with Crippen molar-refractivity contribution in [3.63, 3.8) is 0 Å². The number of carbonyl (C=O) groups excluding carboxylic acids is 5. The quantitative estimate of drug-likeness (QED) is 0.0591. The van der Waals surface area contributed by atoms with Gasteiger partial charge in [0.15, 0.2) is 0 Å². The van der Waals surface area contributed by atoms with Crippen molar-refractivity contribution in [3.05, 3.63) is 135 Å². The maximum absolute atomic E-state index is 14.9. The second-order valence-corrected chi connectivity index (χ2v) is 15.9. The number of nitrogens with zero attached hydrogens (tertiary/aromatic N) is 4. The van der Waals surface area contributed by atoms with Crippen LogP contribution in [-0.2, 0) is 36.9 Å². The Hall–Kier alpha value is -6.95. The third-order valence-corrected chi connectivity index (χ3v) is 11.3. The van der Waals surface area contributed by atoms with E-state index in [1.54, 1.807) is 66.9 Å². The fourth-order valence-corrected chi connectivity index (χ4v) is 7.99. The summed E-state index contributed by atoms with van der Waals surface area (Å²) in [6.07, 6.45) is 3.52. The number of benzene rings is 4. The monoisotopic (exact) mass is 904 g/mol. The van der Waals surface area contributed by atoms with E-state index in [4.69, 9.17) is 26.1 Å². The van der Waals surface area contributed by atoms with Crippen LogP contribution in [0.25, 0.3) is 11.3 Å². The van der Waals surface area contributed by atoms with Gasteiger partial charge in [-0.2, -0.15) is 0 Å². The molecular formula is C47H43ClF2N8O7. The molecular weight excluding hydrogens is 862 g/mol. The SMILES string of the molecule is O=C1CCC(N2Cc3c(NC(=O)CCCCOCCOCCNC(=O)c4ccc(Nc5ncc6c(n5)-c5ccc(Cl)cc5C(c5c(F)cccc5F)=NC6)cc4)cccc3C2=O)C(=O)N1. The number of unbranched alkanes of at least 4 members (excludes halogenated alkanes) is 1. The van der Waals surface area contributed by atoms with Gasteiger partial charge in [-0.3, -0.25) is 34.3 Å². The topological polar surface area (TPSA) is 193 Å². The summed E-state index contributed by atoms with van der Waals surface area (Å²) in [5.74, 6) is -2.85. The van der Waals surface area contributed by atoms with Gasteiger partial charge in [-0.25, -0.2) is 18.7 Å². The summed E-state index contributed by atoms with van der Waals surface area (Å²) in [6.45, 7) is 1.93. The molecule has 4 heterocycles. The Bertz CT molecular complexity index is 2680. The van der Waals surface area contributed by atoms with E-state index >= 15 is 0 Å². The summed E-state index contributed by atoms with van der Waals surface area (Å²) in [5.41, 5.74) is 4.75. The van der Waals surface area contributed by atoms with Crippen molar-refractivity contribution in [1.82, 2.24) is 25.5 Å². The van der Waals surface area contributed by atoms with Gasteiger partial charge in [0.1, 0.15) is 17.7 Å². The van der Waals surface area contributed by atoms with E-state index in [9.17, 15) is 32.8 Å². The molecule has 15 nitrogen and oxygen atoms in total. The van der Waals surface area contributed by atoms with Crippen molar-refractivity contribution in [2.75, 3.05) is 43.6 Å². The standard InChI is InChI=1S/C47H43ClF2N8O7/c48-29-12-15-31-33(23-29)43(41-35(49)6-4-7-36(41)50)52-24-28-25-53-47(57-42(28)31)54-30-13-10-27(11-14-30)44(61)51-18-20-65-22-21-64-19-2-1-9-39(59)55-37-8-3-5-32-34(37)26-58(46(32)63)38-16-17-40(60)56-45(38)62/h3-8,10-15,23,25,38H,1-2,9,16-22,24,26H2,(H,51,61)(H,55,59)(H,53,54,57)(H,56,60,62). The largest absolute Gasteiger partial charge is 0.379 e. The van der Waals surface area contributed by atoms with Crippen LogP contribution in [-0.4, -0.2) is 89.1 Å². The lowest BCUT2D eigenvalue weighted by atomic mass is 9.95. The van der Waals surface area contributed by atoms with E-state index in [2.05, 4.69) is 31.2 Å². The predicted octanol–water partition coefficient (Wildman–Crippen LogP) is 6.50. The number of piperidine rings is 1. The fraction of sp³-hybridized carbons (Fsp3) is 0.277. The highest BCUT2D eigenvalue weighted by Crippen LogP contribution is 2.35. The van der Waals surface area contributed by atoms with Gasteiger partial charge in [-0.15, -0.1) is 0 Å². The average Bonchev–Trinajstić information content (AvgIpc) is 3.54. The first kappa shape index (κ1) is 44.6. The molecule has 0 saturated carbocycles. The molecule has 334 valence electrons. The lowest BCUT2D eigenvalue weighted by molar-refractivity contribution is -0.137. The van der Waals surface area contributed by atoms with Crippen molar-refractivity contribution >= 4 is 64.2 Å². The molecule has 4 N–H and O–H groups in total. The van der Waals surface area contributed by atoms with Gasteiger partial charge < -0.3 is 30.3 Å². The summed E-state index contributed by atoms with van der Waals surface area (Å²) < 4.78 is 41.0. The van der Waals surface area contributed by atoms with Crippen LogP contribution in [0.15, 0.2) is 90.1 Å². The molecule has 65 heavy (non-hydrogen) atoms. The molecule has 0 bridgehead atoms. The Labute approximate surface area is 377 Å². The number of hydrogen-bond acceptors (Lipinski definition) is 11.